The summed E-state index contributed by atoms with van der Waals surface area (Å²) in [5.41, 5.74) is 6.56. The lowest BCUT2D eigenvalue weighted by Crippen LogP contribution is -2.43. The van der Waals surface area contributed by atoms with Crippen molar-refractivity contribution in [1.82, 2.24) is 15.5 Å². The molecule has 0 fully saturated rings. The van der Waals surface area contributed by atoms with E-state index in [2.05, 4.69) is 15.5 Å². The van der Waals surface area contributed by atoms with Crippen molar-refractivity contribution < 1.29 is 14.1 Å². The minimum absolute atomic E-state index is 0. The fourth-order valence-electron chi connectivity index (χ4n) is 2.35. The maximum atomic E-state index is 11.9. The number of halogens is 1. The lowest BCUT2D eigenvalue weighted by Gasteiger charge is -2.14. The highest BCUT2D eigenvalue weighted by atomic mass is 35.5. The van der Waals surface area contributed by atoms with E-state index >= 15 is 0 Å². The number of hydrogen-bond donors (Lipinski definition) is 2. The molecular weight excluding hydrogens is 380 g/mol. The van der Waals surface area contributed by atoms with Gasteiger partial charge in [-0.05, 0) is 30.2 Å². The van der Waals surface area contributed by atoms with E-state index in [-0.39, 0.29) is 30.8 Å². The van der Waals surface area contributed by atoms with Gasteiger partial charge in [-0.1, -0.05) is 49.3 Å². The number of rotatable bonds is 7. The van der Waals surface area contributed by atoms with E-state index in [1.165, 1.54) is 0 Å². The van der Waals surface area contributed by atoms with Gasteiger partial charge < -0.3 is 20.3 Å². The standard InChI is InChI=1S/C20H22N4O3.ClH/c1-13(2)18(21)20(25)22-12-17-23-19(24-27-17)14-7-6-10-16(11-14)26-15-8-4-3-5-9-15;/h3-11,13,18H,12,21H2,1-2H3,(H,22,25);1H/t18-;/m0./s1. The Hall–Kier alpha value is -2.90. The Morgan fingerprint density at radius 1 is 1.14 bits per heavy atom. The summed E-state index contributed by atoms with van der Waals surface area (Å²) in [5.74, 6) is 1.95. The molecule has 0 radical (unpaired) electrons. The maximum Gasteiger partial charge on any atom is 0.246 e. The summed E-state index contributed by atoms with van der Waals surface area (Å²) >= 11 is 0. The van der Waals surface area contributed by atoms with Gasteiger partial charge in [0.15, 0.2) is 0 Å². The number of nitrogens with zero attached hydrogens (tertiary/aromatic N) is 2. The number of aromatic nitrogens is 2. The molecule has 0 aliphatic rings. The first kappa shape index (κ1) is 21.4. The van der Waals surface area contributed by atoms with Gasteiger partial charge in [0.25, 0.3) is 0 Å². The average molecular weight is 403 g/mol. The molecule has 0 saturated carbocycles. The molecule has 28 heavy (non-hydrogen) atoms. The minimum atomic E-state index is -0.570. The third kappa shape index (κ3) is 5.55. The molecule has 1 heterocycles. The summed E-state index contributed by atoms with van der Waals surface area (Å²) in [7, 11) is 0. The number of carbonyl (C=O) groups excluding carboxylic acids is 1. The monoisotopic (exact) mass is 402 g/mol. The van der Waals surface area contributed by atoms with Crippen molar-refractivity contribution in [2.75, 3.05) is 0 Å². The van der Waals surface area contributed by atoms with Crippen molar-refractivity contribution in [3.63, 3.8) is 0 Å². The van der Waals surface area contributed by atoms with Gasteiger partial charge in [0, 0.05) is 5.56 Å². The van der Waals surface area contributed by atoms with Gasteiger partial charge in [-0.25, -0.2) is 0 Å². The Balaban J connectivity index is 0.00000280. The van der Waals surface area contributed by atoms with Crippen LogP contribution in [0.4, 0.5) is 0 Å². The Morgan fingerprint density at radius 3 is 2.57 bits per heavy atom. The van der Waals surface area contributed by atoms with E-state index in [9.17, 15) is 4.79 Å². The van der Waals surface area contributed by atoms with Crippen molar-refractivity contribution in [1.29, 1.82) is 0 Å². The second-order valence-corrected chi connectivity index (χ2v) is 6.44. The summed E-state index contributed by atoms with van der Waals surface area (Å²) in [6, 6.07) is 16.3. The van der Waals surface area contributed by atoms with Crippen LogP contribution in [0.5, 0.6) is 11.5 Å². The first-order valence-electron chi connectivity index (χ1n) is 8.72. The SMILES string of the molecule is CC(C)[C@H](N)C(=O)NCc1nc(-c2cccc(Oc3ccccc3)c2)no1.Cl. The minimum Gasteiger partial charge on any atom is -0.457 e. The van der Waals surface area contributed by atoms with Gasteiger partial charge >= 0.3 is 0 Å². The number of carbonyl (C=O) groups is 1. The van der Waals surface area contributed by atoms with Crippen LogP contribution in [-0.4, -0.2) is 22.1 Å². The summed E-state index contributed by atoms with van der Waals surface area (Å²) in [4.78, 5) is 16.2. The molecular formula is C20H23ClN4O3. The second-order valence-electron chi connectivity index (χ2n) is 6.44. The van der Waals surface area contributed by atoms with Crippen LogP contribution in [0.25, 0.3) is 11.4 Å². The van der Waals surface area contributed by atoms with E-state index in [0.717, 1.165) is 11.3 Å². The van der Waals surface area contributed by atoms with Crippen LogP contribution in [0.15, 0.2) is 59.1 Å². The van der Waals surface area contributed by atoms with Crippen molar-refractivity contribution in [3.8, 4) is 22.9 Å². The maximum absolute atomic E-state index is 11.9. The van der Waals surface area contributed by atoms with Crippen LogP contribution in [0.1, 0.15) is 19.7 Å². The number of hydrogen-bond acceptors (Lipinski definition) is 6. The molecule has 1 aromatic heterocycles. The first-order chi connectivity index (χ1) is 13.0. The van der Waals surface area contributed by atoms with Gasteiger partial charge in [0.2, 0.25) is 17.6 Å². The highest BCUT2D eigenvalue weighted by molar-refractivity contribution is 5.85. The molecule has 1 amide bonds. The van der Waals surface area contributed by atoms with Crippen molar-refractivity contribution in [3.05, 3.63) is 60.5 Å². The lowest BCUT2D eigenvalue weighted by molar-refractivity contribution is -0.123. The molecule has 0 aliphatic carbocycles. The molecule has 3 N–H and O–H groups in total. The number of ether oxygens (including phenoxy) is 1. The van der Waals surface area contributed by atoms with Crippen LogP contribution in [0.3, 0.4) is 0 Å². The largest absolute Gasteiger partial charge is 0.457 e. The topological polar surface area (TPSA) is 103 Å². The Kier molecular flexibility index (Phi) is 7.54. The van der Waals surface area contributed by atoms with Gasteiger partial charge in [-0.3, -0.25) is 4.79 Å². The fourth-order valence-corrected chi connectivity index (χ4v) is 2.35. The molecule has 7 nitrogen and oxygen atoms in total. The van der Waals surface area contributed by atoms with Crippen LogP contribution >= 0.6 is 12.4 Å². The van der Waals surface area contributed by atoms with Gasteiger partial charge in [-0.15, -0.1) is 12.4 Å². The number of nitrogens with one attached hydrogen (secondary N) is 1. The molecule has 148 valence electrons. The van der Waals surface area contributed by atoms with Crippen LogP contribution in [0.2, 0.25) is 0 Å². The number of amides is 1. The molecule has 3 aromatic rings. The molecule has 1 atom stereocenters. The molecule has 0 spiro atoms. The fraction of sp³-hybridized carbons (Fsp3) is 0.250. The van der Waals surface area contributed by atoms with Crippen LogP contribution in [-0.2, 0) is 11.3 Å². The van der Waals surface area contributed by atoms with Crippen molar-refractivity contribution in [2.24, 2.45) is 11.7 Å². The van der Waals surface area contributed by atoms with Crippen molar-refractivity contribution >= 4 is 18.3 Å². The lowest BCUT2D eigenvalue weighted by atomic mass is 10.1. The second kappa shape index (κ2) is 9.87. The van der Waals surface area contributed by atoms with Gasteiger partial charge in [0.1, 0.15) is 11.5 Å². The molecule has 0 saturated heterocycles. The third-order valence-electron chi connectivity index (χ3n) is 3.97. The van der Waals surface area contributed by atoms with E-state index in [4.69, 9.17) is 15.0 Å². The highest BCUT2D eigenvalue weighted by Crippen LogP contribution is 2.25. The first-order valence-corrected chi connectivity index (χ1v) is 8.72. The smallest absolute Gasteiger partial charge is 0.246 e. The number of benzene rings is 2. The van der Waals surface area contributed by atoms with Gasteiger partial charge in [0.05, 0.1) is 12.6 Å². The molecule has 3 rings (SSSR count). The molecule has 2 aromatic carbocycles. The third-order valence-corrected chi connectivity index (χ3v) is 3.97. The quantitative estimate of drug-likeness (QED) is 0.626. The van der Waals surface area contributed by atoms with Crippen LogP contribution in [0, 0.1) is 5.92 Å². The van der Waals surface area contributed by atoms with E-state index in [0.29, 0.717) is 17.5 Å². The summed E-state index contributed by atoms with van der Waals surface area (Å²) in [6.07, 6.45) is 0. The predicted octanol–water partition coefficient (Wildman–Crippen LogP) is 3.55. The highest BCUT2D eigenvalue weighted by Gasteiger charge is 2.18. The summed E-state index contributed by atoms with van der Waals surface area (Å²) in [5, 5.41) is 6.67. The Bertz CT molecular complexity index is 899. The molecule has 0 unspecified atom stereocenters. The molecule has 0 bridgehead atoms. The summed E-state index contributed by atoms with van der Waals surface area (Å²) in [6.45, 7) is 3.91. The van der Waals surface area contributed by atoms with E-state index in [1.54, 1.807) is 0 Å². The van der Waals surface area contributed by atoms with Crippen LogP contribution < -0.4 is 15.8 Å². The zero-order valence-corrected chi connectivity index (χ0v) is 16.5. The Morgan fingerprint density at radius 2 is 1.86 bits per heavy atom. The van der Waals surface area contributed by atoms with E-state index in [1.807, 2.05) is 68.4 Å². The van der Waals surface area contributed by atoms with Gasteiger partial charge in [-0.2, -0.15) is 4.98 Å². The zero-order valence-electron chi connectivity index (χ0n) is 15.7. The zero-order chi connectivity index (χ0) is 19.2. The summed E-state index contributed by atoms with van der Waals surface area (Å²) < 4.78 is 11.0. The number of nitrogens with two attached hydrogens (primary N) is 1. The Labute approximate surface area is 169 Å². The normalized spacial score (nSPS) is 11.6. The number of para-hydroxylation sites is 1. The average Bonchev–Trinajstić information content (AvgIpc) is 3.15. The van der Waals surface area contributed by atoms with Crippen molar-refractivity contribution in [2.45, 2.75) is 26.4 Å². The molecule has 0 aliphatic heterocycles. The molecule has 8 heteroatoms. The predicted molar refractivity (Wildman–Crippen MR) is 108 cm³/mol. The van der Waals surface area contributed by atoms with E-state index < -0.39 is 6.04 Å².